The predicted octanol–water partition coefficient (Wildman–Crippen LogP) is 3.36. The lowest BCUT2D eigenvalue weighted by molar-refractivity contribution is -0.113. The molecule has 1 N–H and O–H groups in total. The summed E-state index contributed by atoms with van der Waals surface area (Å²) in [6.07, 6.45) is 0. The molecule has 1 atom stereocenters. The van der Waals surface area contributed by atoms with Gasteiger partial charge in [0, 0.05) is 17.0 Å². The minimum atomic E-state index is -0.0415. The second kappa shape index (κ2) is 6.57. The van der Waals surface area contributed by atoms with E-state index in [4.69, 9.17) is 0 Å². The molecule has 0 aliphatic carbocycles. The van der Waals surface area contributed by atoms with Crippen LogP contribution >= 0.6 is 11.8 Å². The number of thioether (sulfide) groups is 1. The zero-order valence-electron chi connectivity index (χ0n) is 14.9. The van der Waals surface area contributed by atoms with Crippen molar-refractivity contribution in [3.05, 3.63) is 64.6 Å². The SMILES string of the molecule is Cc1cc(C)nc(-n2nc(C)c3c2NC(=O)CS[C@@H]3c2ccccc2)n1. The molecule has 3 heterocycles. The number of rotatable bonds is 2. The van der Waals surface area contributed by atoms with Gasteiger partial charge in [-0.25, -0.2) is 9.97 Å². The van der Waals surface area contributed by atoms with Crippen molar-refractivity contribution < 1.29 is 4.79 Å². The number of carbonyl (C=O) groups is 1. The van der Waals surface area contributed by atoms with Gasteiger partial charge in [-0.3, -0.25) is 4.79 Å². The fourth-order valence-corrected chi connectivity index (χ4v) is 4.41. The average Bonchev–Trinajstić information content (AvgIpc) is 2.81. The van der Waals surface area contributed by atoms with E-state index in [0.29, 0.717) is 17.5 Å². The van der Waals surface area contributed by atoms with E-state index in [9.17, 15) is 4.79 Å². The van der Waals surface area contributed by atoms with Gasteiger partial charge in [-0.2, -0.15) is 9.78 Å². The molecule has 4 rings (SSSR count). The molecule has 0 saturated heterocycles. The van der Waals surface area contributed by atoms with E-state index in [-0.39, 0.29) is 11.2 Å². The van der Waals surface area contributed by atoms with Gasteiger partial charge in [0.25, 0.3) is 5.95 Å². The summed E-state index contributed by atoms with van der Waals surface area (Å²) < 4.78 is 1.66. The minimum Gasteiger partial charge on any atom is -0.309 e. The van der Waals surface area contributed by atoms with Crippen LogP contribution in [-0.2, 0) is 4.79 Å². The first-order valence-corrected chi connectivity index (χ1v) is 9.46. The molecular formula is C19H19N5OS. The van der Waals surface area contributed by atoms with E-state index < -0.39 is 0 Å². The van der Waals surface area contributed by atoms with E-state index >= 15 is 0 Å². The van der Waals surface area contributed by atoms with Gasteiger partial charge in [0.2, 0.25) is 5.91 Å². The number of nitrogens with zero attached hydrogens (tertiary/aromatic N) is 4. The lowest BCUT2D eigenvalue weighted by Gasteiger charge is -2.15. The first kappa shape index (κ1) is 16.8. The van der Waals surface area contributed by atoms with Crippen LogP contribution in [0, 0.1) is 20.8 Å². The second-order valence-electron chi connectivity index (χ2n) is 6.36. The lowest BCUT2D eigenvalue weighted by Crippen LogP contribution is -2.17. The molecule has 1 aliphatic heterocycles. The molecule has 6 nitrogen and oxygen atoms in total. The van der Waals surface area contributed by atoms with Crippen LogP contribution < -0.4 is 5.32 Å². The van der Waals surface area contributed by atoms with Crippen molar-refractivity contribution >= 4 is 23.5 Å². The van der Waals surface area contributed by atoms with Crippen LogP contribution in [0.1, 0.15) is 33.5 Å². The largest absolute Gasteiger partial charge is 0.309 e. The van der Waals surface area contributed by atoms with Crippen molar-refractivity contribution in [3.8, 4) is 5.95 Å². The third-order valence-electron chi connectivity index (χ3n) is 4.27. The van der Waals surface area contributed by atoms with Crippen LogP contribution in [-0.4, -0.2) is 31.4 Å². The quantitative estimate of drug-likeness (QED) is 0.754. The Balaban J connectivity index is 1.92. The maximum atomic E-state index is 12.3. The number of aryl methyl sites for hydroxylation is 3. The van der Waals surface area contributed by atoms with Gasteiger partial charge in [-0.1, -0.05) is 30.3 Å². The van der Waals surface area contributed by atoms with Crippen molar-refractivity contribution in [2.45, 2.75) is 26.0 Å². The monoisotopic (exact) mass is 365 g/mol. The average molecular weight is 365 g/mol. The van der Waals surface area contributed by atoms with Gasteiger partial charge in [0.05, 0.1) is 16.7 Å². The topological polar surface area (TPSA) is 72.7 Å². The molecule has 0 radical (unpaired) electrons. The summed E-state index contributed by atoms with van der Waals surface area (Å²) in [6.45, 7) is 5.81. The van der Waals surface area contributed by atoms with Crippen LogP contribution in [0.2, 0.25) is 0 Å². The highest BCUT2D eigenvalue weighted by Crippen LogP contribution is 2.43. The highest BCUT2D eigenvalue weighted by atomic mass is 32.2. The van der Waals surface area contributed by atoms with Gasteiger partial charge in [-0.05, 0) is 32.4 Å². The molecular weight excluding hydrogens is 346 g/mol. The van der Waals surface area contributed by atoms with E-state index in [1.165, 1.54) is 0 Å². The summed E-state index contributed by atoms with van der Waals surface area (Å²) in [5.41, 5.74) is 4.76. The Morgan fingerprint density at radius 2 is 1.81 bits per heavy atom. The fourth-order valence-electron chi connectivity index (χ4n) is 3.22. The summed E-state index contributed by atoms with van der Waals surface area (Å²) in [6, 6.07) is 12.1. The number of hydrogen-bond acceptors (Lipinski definition) is 5. The molecule has 1 amide bonds. The van der Waals surface area contributed by atoms with Crippen molar-refractivity contribution in [3.63, 3.8) is 0 Å². The lowest BCUT2D eigenvalue weighted by atomic mass is 10.0. The Morgan fingerprint density at radius 3 is 2.50 bits per heavy atom. The van der Waals surface area contributed by atoms with E-state index in [0.717, 1.165) is 28.2 Å². The van der Waals surface area contributed by atoms with Crippen molar-refractivity contribution in [1.29, 1.82) is 0 Å². The number of benzene rings is 1. The van der Waals surface area contributed by atoms with Crippen LogP contribution in [0.15, 0.2) is 36.4 Å². The molecule has 0 spiro atoms. The first-order valence-electron chi connectivity index (χ1n) is 8.41. The summed E-state index contributed by atoms with van der Waals surface area (Å²) in [5.74, 6) is 1.49. The number of nitrogens with one attached hydrogen (secondary N) is 1. The standard InChI is InChI=1S/C19H19N5OS/c1-11-9-12(2)21-19(20-11)24-18-16(13(3)23-24)17(26-10-15(25)22-18)14-7-5-4-6-8-14/h4-9,17H,10H2,1-3H3,(H,22,25)/t17-/m1/s1. The molecule has 132 valence electrons. The van der Waals surface area contributed by atoms with E-state index in [1.807, 2.05) is 45.0 Å². The van der Waals surface area contributed by atoms with Crippen LogP contribution in [0.5, 0.6) is 0 Å². The smallest absolute Gasteiger partial charge is 0.252 e. The Hall–Kier alpha value is -2.67. The summed E-state index contributed by atoms with van der Waals surface area (Å²) in [5, 5.41) is 7.70. The van der Waals surface area contributed by atoms with Crippen molar-refractivity contribution in [2.75, 3.05) is 11.1 Å². The number of hydrogen-bond donors (Lipinski definition) is 1. The molecule has 2 aromatic heterocycles. The first-order chi connectivity index (χ1) is 12.5. The number of fused-ring (bicyclic) bond motifs is 1. The molecule has 1 aromatic carbocycles. The van der Waals surface area contributed by atoms with Crippen molar-refractivity contribution in [1.82, 2.24) is 19.7 Å². The Labute approximate surface area is 156 Å². The van der Waals surface area contributed by atoms with E-state index in [1.54, 1.807) is 16.4 Å². The third-order valence-corrected chi connectivity index (χ3v) is 5.54. The second-order valence-corrected chi connectivity index (χ2v) is 7.45. The van der Waals surface area contributed by atoms with Gasteiger partial charge >= 0.3 is 0 Å². The normalized spacial score (nSPS) is 16.7. The fraction of sp³-hybridized carbons (Fsp3) is 0.263. The Bertz CT molecular complexity index is 963. The third kappa shape index (κ3) is 2.99. The van der Waals surface area contributed by atoms with Crippen LogP contribution in [0.4, 0.5) is 5.82 Å². The van der Waals surface area contributed by atoms with E-state index in [2.05, 4.69) is 32.5 Å². The molecule has 3 aromatic rings. The maximum Gasteiger partial charge on any atom is 0.252 e. The number of carbonyl (C=O) groups excluding carboxylic acids is 1. The molecule has 0 saturated carbocycles. The highest BCUT2D eigenvalue weighted by Gasteiger charge is 2.31. The number of aromatic nitrogens is 4. The Morgan fingerprint density at radius 1 is 1.12 bits per heavy atom. The van der Waals surface area contributed by atoms with Gasteiger partial charge in [-0.15, -0.1) is 11.8 Å². The van der Waals surface area contributed by atoms with Gasteiger partial charge in [0.15, 0.2) is 0 Å². The Kier molecular flexibility index (Phi) is 4.24. The van der Waals surface area contributed by atoms with Crippen LogP contribution in [0.3, 0.4) is 0 Å². The van der Waals surface area contributed by atoms with Crippen molar-refractivity contribution in [2.24, 2.45) is 0 Å². The molecule has 0 bridgehead atoms. The minimum absolute atomic E-state index is 0.0322. The molecule has 0 unspecified atom stereocenters. The number of anilines is 1. The highest BCUT2D eigenvalue weighted by molar-refractivity contribution is 8.00. The molecule has 1 aliphatic rings. The number of amides is 1. The molecule has 0 fully saturated rings. The van der Waals surface area contributed by atoms with Gasteiger partial charge < -0.3 is 5.32 Å². The van der Waals surface area contributed by atoms with Crippen LogP contribution in [0.25, 0.3) is 5.95 Å². The molecule has 7 heteroatoms. The predicted molar refractivity (Wildman–Crippen MR) is 103 cm³/mol. The van der Waals surface area contributed by atoms with Gasteiger partial charge in [0.1, 0.15) is 5.82 Å². The summed E-state index contributed by atoms with van der Waals surface area (Å²) in [4.78, 5) is 21.4. The maximum absolute atomic E-state index is 12.3. The zero-order valence-corrected chi connectivity index (χ0v) is 15.7. The zero-order chi connectivity index (χ0) is 18.3. The molecule has 26 heavy (non-hydrogen) atoms. The summed E-state index contributed by atoms with van der Waals surface area (Å²) in [7, 11) is 0. The summed E-state index contributed by atoms with van der Waals surface area (Å²) >= 11 is 1.61.